The first-order valence-electron chi connectivity index (χ1n) is 3.05. The van der Waals surface area contributed by atoms with Gasteiger partial charge in [-0.25, -0.2) is 18.7 Å². The highest BCUT2D eigenvalue weighted by Crippen LogP contribution is 2.16. The average Bonchev–Trinajstić information content (AvgIpc) is 2.04. The molecule has 0 N–H and O–H groups in total. The molecule has 6 heteroatoms. The van der Waals surface area contributed by atoms with Crippen LogP contribution in [0, 0.1) is 0 Å². The van der Waals surface area contributed by atoms with Gasteiger partial charge in [0, 0.05) is 18.6 Å². The molecule has 1 heterocycles. The smallest absolute Gasteiger partial charge is 0.251 e. The molecular formula is C6H6F2N2OS. The van der Waals surface area contributed by atoms with Gasteiger partial charge in [0.05, 0.1) is 16.4 Å². The Morgan fingerprint density at radius 3 is 2.25 bits per heavy atom. The summed E-state index contributed by atoms with van der Waals surface area (Å²) in [5.74, 6) is 0. The quantitative estimate of drug-likeness (QED) is 0.660. The summed E-state index contributed by atoms with van der Waals surface area (Å²) >= 11 is 0. The first-order chi connectivity index (χ1) is 5.61. The van der Waals surface area contributed by atoms with Gasteiger partial charge in [-0.3, -0.25) is 4.21 Å². The molecule has 0 bridgehead atoms. The van der Waals surface area contributed by atoms with Gasteiger partial charge >= 0.3 is 0 Å². The highest BCUT2D eigenvalue weighted by molar-refractivity contribution is 7.84. The van der Waals surface area contributed by atoms with Crippen molar-refractivity contribution in [1.82, 2.24) is 9.97 Å². The van der Waals surface area contributed by atoms with Crippen molar-refractivity contribution in [2.24, 2.45) is 0 Å². The zero-order chi connectivity index (χ0) is 9.14. The molecule has 0 aliphatic heterocycles. The maximum Gasteiger partial charge on any atom is 0.266 e. The lowest BCUT2D eigenvalue weighted by molar-refractivity contribution is 0.150. The molecule has 0 aromatic carbocycles. The van der Waals surface area contributed by atoms with Crippen molar-refractivity contribution in [2.75, 3.05) is 6.26 Å². The molecule has 66 valence electrons. The molecule has 0 amide bonds. The highest BCUT2D eigenvalue weighted by Gasteiger charge is 2.08. The highest BCUT2D eigenvalue weighted by atomic mass is 32.2. The summed E-state index contributed by atoms with van der Waals surface area (Å²) in [6.45, 7) is 0. The van der Waals surface area contributed by atoms with Crippen LogP contribution < -0.4 is 0 Å². The van der Waals surface area contributed by atoms with Gasteiger partial charge in [-0.15, -0.1) is 0 Å². The van der Waals surface area contributed by atoms with E-state index in [0.29, 0.717) is 0 Å². The maximum atomic E-state index is 11.9. The molecule has 12 heavy (non-hydrogen) atoms. The van der Waals surface area contributed by atoms with Crippen LogP contribution in [0.2, 0.25) is 0 Å². The summed E-state index contributed by atoms with van der Waals surface area (Å²) < 4.78 is 34.6. The average molecular weight is 192 g/mol. The van der Waals surface area contributed by atoms with Crippen molar-refractivity contribution in [1.29, 1.82) is 0 Å². The molecule has 0 aliphatic rings. The minimum absolute atomic E-state index is 0.0689. The topological polar surface area (TPSA) is 42.9 Å². The molecule has 0 fully saturated rings. The van der Waals surface area contributed by atoms with E-state index in [-0.39, 0.29) is 10.7 Å². The molecule has 0 radical (unpaired) electrons. The predicted molar refractivity (Wildman–Crippen MR) is 39.3 cm³/mol. The fraction of sp³-hybridized carbons (Fsp3) is 0.333. The molecule has 1 aromatic rings. The van der Waals surface area contributed by atoms with E-state index in [4.69, 9.17) is 0 Å². The number of halogens is 2. The molecule has 1 aromatic heterocycles. The zero-order valence-corrected chi connectivity index (χ0v) is 7.02. The Bertz CT molecular complexity index is 288. The molecule has 1 atom stereocenters. The summed E-state index contributed by atoms with van der Waals surface area (Å²) in [5.41, 5.74) is -0.260. The largest absolute Gasteiger partial charge is 0.266 e. The Balaban J connectivity index is 2.93. The van der Waals surface area contributed by atoms with Crippen LogP contribution in [-0.2, 0) is 10.8 Å². The second-order valence-corrected chi connectivity index (χ2v) is 3.33. The lowest BCUT2D eigenvalue weighted by atomic mass is 10.4. The Labute approximate surface area is 70.3 Å². The first kappa shape index (κ1) is 9.18. The molecule has 0 spiro atoms. The lowest BCUT2D eigenvalue weighted by Crippen LogP contribution is -1.97. The summed E-state index contributed by atoms with van der Waals surface area (Å²) in [7, 11) is -1.32. The van der Waals surface area contributed by atoms with Crippen LogP contribution in [0.1, 0.15) is 12.0 Å². The molecule has 3 nitrogen and oxygen atoms in total. The number of aromatic nitrogens is 2. The van der Waals surface area contributed by atoms with E-state index < -0.39 is 17.2 Å². The van der Waals surface area contributed by atoms with E-state index in [1.165, 1.54) is 6.26 Å². The van der Waals surface area contributed by atoms with E-state index >= 15 is 0 Å². The van der Waals surface area contributed by atoms with Crippen LogP contribution in [0.25, 0.3) is 0 Å². The minimum atomic E-state index is -2.58. The number of nitrogens with zero attached hydrogens (tertiary/aromatic N) is 2. The van der Waals surface area contributed by atoms with Crippen molar-refractivity contribution in [3.63, 3.8) is 0 Å². The van der Waals surface area contributed by atoms with Gasteiger partial charge in [0.15, 0.2) is 0 Å². The monoisotopic (exact) mass is 192 g/mol. The Morgan fingerprint density at radius 2 is 1.92 bits per heavy atom. The maximum absolute atomic E-state index is 11.9. The SMILES string of the molecule is CS(=O)c1ncc(C(F)F)cn1. The van der Waals surface area contributed by atoms with Crippen LogP contribution in [-0.4, -0.2) is 20.4 Å². The minimum Gasteiger partial charge on any atom is -0.251 e. The second kappa shape index (κ2) is 3.66. The number of rotatable bonds is 2. The molecular weight excluding hydrogens is 186 g/mol. The van der Waals surface area contributed by atoms with Gasteiger partial charge < -0.3 is 0 Å². The van der Waals surface area contributed by atoms with Gasteiger partial charge in [0.25, 0.3) is 6.43 Å². The summed E-state index contributed by atoms with van der Waals surface area (Å²) in [6.07, 6.45) is 0.768. The van der Waals surface area contributed by atoms with Crippen LogP contribution in [0.4, 0.5) is 8.78 Å². The summed E-state index contributed by atoms with van der Waals surface area (Å²) in [4.78, 5) is 7.02. The van der Waals surface area contributed by atoms with Gasteiger partial charge in [0.1, 0.15) is 0 Å². The third-order valence-electron chi connectivity index (χ3n) is 1.16. The Hall–Kier alpha value is -0.910. The summed E-state index contributed by atoms with van der Waals surface area (Å²) in [5, 5.41) is 0.0689. The van der Waals surface area contributed by atoms with E-state index in [9.17, 15) is 13.0 Å². The molecule has 0 saturated heterocycles. The van der Waals surface area contributed by atoms with Crippen molar-refractivity contribution in [2.45, 2.75) is 11.6 Å². The van der Waals surface area contributed by atoms with E-state index in [1.807, 2.05) is 0 Å². The molecule has 0 saturated carbocycles. The second-order valence-electron chi connectivity index (χ2n) is 2.05. The van der Waals surface area contributed by atoms with Crippen LogP contribution in [0.15, 0.2) is 17.6 Å². The van der Waals surface area contributed by atoms with E-state index in [2.05, 4.69) is 9.97 Å². The molecule has 0 aliphatic carbocycles. The molecule has 1 rings (SSSR count). The van der Waals surface area contributed by atoms with Gasteiger partial charge in [-0.2, -0.15) is 0 Å². The standard InChI is InChI=1S/C6H6F2N2OS/c1-12(11)6-9-2-4(3-10-6)5(7)8/h2-3,5H,1H3. The van der Waals surface area contributed by atoms with Gasteiger partial charge in [0.2, 0.25) is 5.16 Å². The van der Waals surface area contributed by atoms with E-state index in [1.54, 1.807) is 0 Å². The summed E-state index contributed by atoms with van der Waals surface area (Å²) in [6, 6.07) is 0. The number of hydrogen-bond acceptors (Lipinski definition) is 3. The fourth-order valence-electron chi connectivity index (χ4n) is 0.587. The fourth-order valence-corrected chi connectivity index (χ4v) is 0.990. The Morgan fingerprint density at radius 1 is 1.42 bits per heavy atom. The van der Waals surface area contributed by atoms with Crippen molar-refractivity contribution in [3.05, 3.63) is 18.0 Å². The van der Waals surface area contributed by atoms with Crippen molar-refractivity contribution >= 4 is 10.8 Å². The third kappa shape index (κ3) is 2.04. The molecule has 1 unspecified atom stereocenters. The van der Waals surface area contributed by atoms with Crippen LogP contribution in [0.5, 0.6) is 0 Å². The number of hydrogen-bond donors (Lipinski definition) is 0. The lowest BCUT2D eigenvalue weighted by Gasteiger charge is -1.97. The number of alkyl halides is 2. The van der Waals surface area contributed by atoms with Crippen LogP contribution in [0.3, 0.4) is 0 Å². The van der Waals surface area contributed by atoms with Crippen LogP contribution >= 0.6 is 0 Å². The Kier molecular flexibility index (Phi) is 2.80. The zero-order valence-electron chi connectivity index (χ0n) is 6.20. The first-order valence-corrected chi connectivity index (χ1v) is 4.60. The van der Waals surface area contributed by atoms with E-state index in [0.717, 1.165) is 12.4 Å². The third-order valence-corrected chi connectivity index (χ3v) is 1.88. The predicted octanol–water partition coefficient (Wildman–Crippen LogP) is 1.15. The normalized spacial score (nSPS) is 13.3. The van der Waals surface area contributed by atoms with Gasteiger partial charge in [-0.1, -0.05) is 0 Å². The van der Waals surface area contributed by atoms with Gasteiger partial charge in [-0.05, 0) is 0 Å². The van der Waals surface area contributed by atoms with Crippen molar-refractivity contribution in [3.8, 4) is 0 Å². The van der Waals surface area contributed by atoms with Crippen molar-refractivity contribution < 1.29 is 13.0 Å².